The van der Waals surface area contributed by atoms with Crippen molar-refractivity contribution in [3.63, 3.8) is 0 Å². The van der Waals surface area contributed by atoms with Crippen molar-refractivity contribution in [2.75, 3.05) is 6.61 Å². The van der Waals surface area contributed by atoms with Crippen LogP contribution in [0.5, 0.6) is 0 Å². The molecule has 1 saturated heterocycles. The molecular formula is C15H26O. The standard InChI is InChI=1S/C15H26O/c1-12(2)7-5-8-13(3)9-6-10-14(4)15-11-16-15/h7,9,14-15H,5-6,8,10-11H2,1-4H3/b13-9+/t14-,15-/m0/s1. The summed E-state index contributed by atoms with van der Waals surface area (Å²) in [5, 5.41) is 0. The van der Waals surface area contributed by atoms with Gasteiger partial charge in [0.2, 0.25) is 0 Å². The summed E-state index contributed by atoms with van der Waals surface area (Å²) < 4.78 is 5.29. The summed E-state index contributed by atoms with van der Waals surface area (Å²) in [6.07, 6.45) is 10.2. The first-order chi connectivity index (χ1) is 7.59. The molecule has 0 radical (unpaired) electrons. The van der Waals surface area contributed by atoms with Gasteiger partial charge in [0.1, 0.15) is 0 Å². The first-order valence-corrected chi connectivity index (χ1v) is 6.50. The molecule has 1 heteroatoms. The molecule has 92 valence electrons. The third kappa shape index (κ3) is 6.12. The fourth-order valence-corrected chi connectivity index (χ4v) is 1.85. The molecule has 1 rings (SSSR count). The van der Waals surface area contributed by atoms with Crippen molar-refractivity contribution < 1.29 is 4.74 Å². The zero-order valence-electron chi connectivity index (χ0n) is 11.3. The van der Waals surface area contributed by atoms with Crippen molar-refractivity contribution in [1.82, 2.24) is 0 Å². The maximum Gasteiger partial charge on any atom is 0.0835 e. The van der Waals surface area contributed by atoms with Gasteiger partial charge < -0.3 is 4.74 Å². The minimum Gasteiger partial charge on any atom is -0.373 e. The molecule has 0 saturated carbocycles. The summed E-state index contributed by atoms with van der Waals surface area (Å²) in [5.41, 5.74) is 2.95. The number of hydrogen-bond donors (Lipinski definition) is 0. The topological polar surface area (TPSA) is 12.5 Å². The van der Waals surface area contributed by atoms with E-state index >= 15 is 0 Å². The quantitative estimate of drug-likeness (QED) is 0.456. The summed E-state index contributed by atoms with van der Waals surface area (Å²) in [6, 6.07) is 0. The van der Waals surface area contributed by atoms with Gasteiger partial charge in [-0.15, -0.1) is 0 Å². The minimum atomic E-state index is 0.569. The van der Waals surface area contributed by atoms with Crippen molar-refractivity contribution in [3.05, 3.63) is 23.3 Å². The van der Waals surface area contributed by atoms with Crippen LogP contribution in [-0.2, 0) is 4.74 Å². The van der Waals surface area contributed by atoms with E-state index in [1.807, 2.05) is 0 Å². The second-order valence-corrected chi connectivity index (χ2v) is 5.30. The first-order valence-electron chi connectivity index (χ1n) is 6.50. The highest BCUT2D eigenvalue weighted by Crippen LogP contribution is 2.24. The van der Waals surface area contributed by atoms with Crippen LogP contribution in [0.4, 0.5) is 0 Å². The summed E-state index contributed by atoms with van der Waals surface area (Å²) in [5.74, 6) is 0.738. The summed E-state index contributed by atoms with van der Waals surface area (Å²) in [6.45, 7) is 9.86. The molecule has 0 unspecified atom stereocenters. The average molecular weight is 222 g/mol. The van der Waals surface area contributed by atoms with Crippen LogP contribution in [0.3, 0.4) is 0 Å². The second kappa shape index (κ2) is 6.90. The number of ether oxygens (including phenoxy) is 1. The molecular weight excluding hydrogens is 196 g/mol. The van der Waals surface area contributed by atoms with Gasteiger partial charge in [-0.05, 0) is 52.4 Å². The zero-order chi connectivity index (χ0) is 12.0. The van der Waals surface area contributed by atoms with Crippen LogP contribution in [0.2, 0.25) is 0 Å². The molecule has 0 aliphatic carbocycles. The molecule has 0 bridgehead atoms. The Morgan fingerprint density at radius 2 is 1.94 bits per heavy atom. The third-order valence-corrected chi connectivity index (χ3v) is 3.20. The molecule has 0 aromatic carbocycles. The van der Waals surface area contributed by atoms with Gasteiger partial charge in [-0.1, -0.05) is 30.2 Å². The highest BCUT2D eigenvalue weighted by molar-refractivity contribution is 5.02. The van der Waals surface area contributed by atoms with Crippen LogP contribution in [0, 0.1) is 5.92 Å². The molecule has 1 aliphatic rings. The molecule has 0 aromatic rings. The van der Waals surface area contributed by atoms with Gasteiger partial charge in [0.05, 0.1) is 12.7 Å². The van der Waals surface area contributed by atoms with Crippen molar-refractivity contribution >= 4 is 0 Å². The molecule has 1 aliphatic heterocycles. The molecule has 0 amide bonds. The Labute approximate surface area is 101 Å². The number of allylic oxidation sites excluding steroid dienone is 4. The Morgan fingerprint density at radius 3 is 2.50 bits per heavy atom. The third-order valence-electron chi connectivity index (χ3n) is 3.20. The number of rotatable bonds is 7. The largest absolute Gasteiger partial charge is 0.373 e. The van der Waals surface area contributed by atoms with Crippen molar-refractivity contribution in [2.24, 2.45) is 5.92 Å². The Balaban J connectivity index is 2.10. The van der Waals surface area contributed by atoms with Gasteiger partial charge in [0.15, 0.2) is 0 Å². The van der Waals surface area contributed by atoms with E-state index in [0.717, 1.165) is 12.5 Å². The van der Waals surface area contributed by atoms with E-state index in [4.69, 9.17) is 4.74 Å². The lowest BCUT2D eigenvalue weighted by Crippen LogP contribution is -2.01. The number of hydrogen-bond acceptors (Lipinski definition) is 1. The first kappa shape index (κ1) is 13.5. The van der Waals surface area contributed by atoms with Gasteiger partial charge in [-0.25, -0.2) is 0 Å². The van der Waals surface area contributed by atoms with Gasteiger partial charge in [-0.3, -0.25) is 0 Å². The summed E-state index contributed by atoms with van der Waals surface area (Å²) in [7, 11) is 0. The van der Waals surface area contributed by atoms with Gasteiger partial charge in [-0.2, -0.15) is 0 Å². The van der Waals surface area contributed by atoms with E-state index in [-0.39, 0.29) is 0 Å². The lowest BCUT2D eigenvalue weighted by molar-refractivity contribution is 0.332. The second-order valence-electron chi connectivity index (χ2n) is 5.30. The van der Waals surface area contributed by atoms with Gasteiger partial charge in [0.25, 0.3) is 0 Å². The Hall–Kier alpha value is -0.560. The fourth-order valence-electron chi connectivity index (χ4n) is 1.85. The highest BCUT2D eigenvalue weighted by atomic mass is 16.6. The van der Waals surface area contributed by atoms with Gasteiger partial charge >= 0.3 is 0 Å². The Kier molecular flexibility index (Phi) is 5.83. The van der Waals surface area contributed by atoms with Crippen LogP contribution >= 0.6 is 0 Å². The van der Waals surface area contributed by atoms with Crippen LogP contribution in [0.15, 0.2) is 23.3 Å². The van der Waals surface area contributed by atoms with Crippen LogP contribution in [-0.4, -0.2) is 12.7 Å². The monoisotopic (exact) mass is 222 g/mol. The van der Waals surface area contributed by atoms with Crippen LogP contribution in [0.25, 0.3) is 0 Å². The molecule has 16 heavy (non-hydrogen) atoms. The normalized spacial score (nSPS) is 21.8. The summed E-state index contributed by atoms with van der Waals surface area (Å²) in [4.78, 5) is 0. The molecule has 1 fully saturated rings. The molecule has 1 nitrogen and oxygen atoms in total. The molecule has 0 N–H and O–H groups in total. The van der Waals surface area contributed by atoms with Crippen molar-refractivity contribution in [3.8, 4) is 0 Å². The zero-order valence-corrected chi connectivity index (χ0v) is 11.3. The van der Waals surface area contributed by atoms with E-state index in [1.54, 1.807) is 0 Å². The molecule has 0 aromatic heterocycles. The smallest absolute Gasteiger partial charge is 0.0835 e. The van der Waals surface area contributed by atoms with Crippen molar-refractivity contribution in [1.29, 1.82) is 0 Å². The predicted molar refractivity (Wildman–Crippen MR) is 70.6 cm³/mol. The van der Waals surface area contributed by atoms with E-state index in [9.17, 15) is 0 Å². The Bertz CT molecular complexity index is 255. The number of epoxide rings is 1. The minimum absolute atomic E-state index is 0.569. The fraction of sp³-hybridized carbons (Fsp3) is 0.733. The van der Waals surface area contributed by atoms with Gasteiger partial charge in [0, 0.05) is 0 Å². The maximum atomic E-state index is 5.29. The van der Waals surface area contributed by atoms with E-state index in [2.05, 4.69) is 39.8 Å². The van der Waals surface area contributed by atoms with Crippen LogP contribution < -0.4 is 0 Å². The summed E-state index contributed by atoms with van der Waals surface area (Å²) >= 11 is 0. The van der Waals surface area contributed by atoms with E-state index in [1.165, 1.54) is 36.8 Å². The molecule has 2 atom stereocenters. The van der Waals surface area contributed by atoms with Crippen molar-refractivity contribution in [2.45, 2.75) is 59.5 Å². The lowest BCUT2D eigenvalue weighted by atomic mass is 10.0. The predicted octanol–water partition coefficient (Wildman–Crippen LogP) is 4.49. The highest BCUT2D eigenvalue weighted by Gasteiger charge is 2.28. The van der Waals surface area contributed by atoms with E-state index < -0.39 is 0 Å². The SMILES string of the molecule is CC(C)=CCC/C(C)=C/CC[C@H](C)[C@@H]1CO1. The Morgan fingerprint density at radius 1 is 1.25 bits per heavy atom. The maximum absolute atomic E-state index is 5.29. The van der Waals surface area contributed by atoms with E-state index in [0.29, 0.717) is 6.10 Å². The molecule has 1 heterocycles. The average Bonchev–Trinajstić information content (AvgIpc) is 2.99. The van der Waals surface area contributed by atoms with Crippen LogP contribution in [0.1, 0.15) is 53.4 Å². The lowest BCUT2D eigenvalue weighted by Gasteiger charge is -2.05. The molecule has 0 spiro atoms.